The Balaban J connectivity index is 2.42. The van der Waals surface area contributed by atoms with E-state index >= 15 is 0 Å². The number of hydrogen-bond donors (Lipinski definition) is 1. The molecule has 1 aliphatic heterocycles. The molecular formula is C5H8N2O3. The van der Waals surface area contributed by atoms with Crippen LogP contribution in [-0.4, -0.2) is 29.8 Å². The third kappa shape index (κ3) is 1.30. The molecule has 0 aromatic rings. The van der Waals surface area contributed by atoms with Crippen LogP contribution in [0, 0.1) is 10.1 Å². The summed E-state index contributed by atoms with van der Waals surface area (Å²) in [6.45, 7) is 0.316. The van der Waals surface area contributed by atoms with Gasteiger partial charge in [-0.15, -0.1) is 0 Å². The molecule has 1 rings (SSSR count). The van der Waals surface area contributed by atoms with Gasteiger partial charge in [-0.2, -0.15) is 0 Å². The number of nitrogens with zero attached hydrogens (tertiary/aromatic N) is 1. The number of rotatable bonds is 2. The summed E-state index contributed by atoms with van der Waals surface area (Å²) in [6.07, 6.45) is 1.04. The van der Waals surface area contributed by atoms with E-state index in [2.05, 4.69) is 5.32 Å². The first-order valence-corrected chi connectivity index (χ1v) is 3.06. The summed E-state index contributed by atoms with van der Waals surface area (Å²) in [5, 5.41) is 12.8. The number of carbonyl (C=O) groups excluding carboxylic acids is 1. The molecule has 5 heteroatoms. The van der Waals surface area contributed by atoms with Crippen molar-refractivity contribution in [2.24, 2.45) is 0 Å². The van der Waals surface area contributed by atoms with E-state index in [4.69, 9.17) is 0 Å². The topological polar surface area (TPSA) is 72.2 Å². The highest BCUT2D eigenvalue weighted by Crippen LogP contribution is 2.06. The Morgan fingerprint density at radius 2 is 2.40 bits per heavy atom. The highest BCUT2D eigenvalue weighted by atomic mass is 16.6. The third-order valence-corrected chi connectivity index (χ3v) is 1.60. The average molecular weight is 144 g/mol. The maximum absolute atomic E-state index is 10.1. The quantitative estimate of drug-likeness (QED) is 0.312. The molecule has 0 aliphatic carbocycles. The molecule has 1 saturated heterocycles. The summed E-state index contributed by atoms with van der Waals surface area (Å²) in [5.41, 5.74) is 0. The van der Waals surface area contributed by atoms with Crippen molar-refractivity contribution in [3.8, 4) is 0 Å². The van der Waals surface area contributed by atoms with Gasteiger partial charge in [0.1, 0.15) is 6.29 Å². The van der Waals surface area contributed by atoms with Crippen LogP contribution in [-0.2, 0) is 4.79 Å². The Morgan fingerprint density at radius 3 is 2.70 bits per heavy atom. The average Bonchev–Trinajstić information content (AvgIpc) is 2.34. The normalized spacial score (nSPS) is 32.0. The maximum atomic E-state index is 10.1. The van der Waals surface area contributed by atoms with Crippen LogP contribution in [0.15, 0.2) is 0 Å². The molecular weight excluding hydrogens is 136 g/mol. The molecule has 1 aliphatic rings. The zero-order chi connectivity index (χ0) is 7.56. The van der Waals surface area contributed by atoms with Gasteiger partial charge in [-0.1, -0.05) is 0 Å². The molecule has 0 aromatic heterocycles. The third-order valence-electron chi connectivity index (χ3n) is 1.60. The van der Waals surface area contributed by atoms with Crippen LogP contribution in [0.5, 0.6) is 0 Å². The molecule has 1 N–H and O–H groups in total. The predicted molar refractivity (Wildman–Crippen MR) is 33.3 cm³/mol. The second-order valence-electron chi connectivity index (χ2n) is 2.33. The molecule has 0 aromatic carbocycles. The largest absolute Gasteiger partial charge is 0.302 e. The number of hydrogen-bond acceptors (Lipinski definition) is 4. The molecule has 0 saturated carbocycles. The lowest BCUT2D eigenvalue weighted by molar-refractivity contribution is -0.517. The van der Waals surface area contributed by atoms with Crippen LogP contribution in [0.3, 0.4) is 0 Å². The molecule has 0 spiro atoms. The number of nitrogens with one attached hydrogen (secondary N) is 1. The second kappa shape index (κ2) is 2.74. The first-order chi connectivity index (χ1) is 4.74. The van der Waals surface area contributed by atoms with Gasteiger partial charge in [0.05, 0.1) is 12.6 Å². The van der Waals surface area contributed by atoms with Gasteiger partial charge >= 0.3 is 0 Å². The van der Waals surface area contributed by atoms with E-state index in [9.17, 15) is 14.9 Å². The molecule has 2 atom stereocenters. The molecule has 1 heterocycles. The van der Waals surface area contributed by atoms with E-state index in [0.717, 1.165) is 0 Å². The van der Waals surface area contributed by atoms with Crippen molar-refractivity contribution in [1.29, 1.82) is 0 Å². The Kier molecular flexibility index (Phi) is 1.96. The minimum Gasteiger partial charge on any atom is -0.302 e. The number of aldehydes is 1. The van der Waals surface area contributed by atoms with Gasteiger partial charge in [-0.25, -0.2) is 0 Å². The van der Waals surface area contributed by atoms with Crippen LogP contribution in [0.4, 0.5) is 0 Å². The Hall–Kier alpha value is -0.970. The summed E-state index contributed by atoms with van der Waals surface area (Å²) in [4.78, 5) is 19.9. The second-order valence-corrected chi connectivity index (χ2v) is 2.33. The lowest BCUT2D eigenvalue weighted by Crippen LogP contribution is -2.23. The predicted octanol–water partition coefficient (Wildman–Crippen LogP) is -0.807. The van der Waals surface area contributed by atoms with Gasteiger partial charge in [0.2, 0.25) is 6.04 Å². The Labute approximate surface area is 57.6 Å². The maximum Gasteiger partial charge on any atom is 0.227 e. The van der Waals surface area contributed by atoms with Crippen molar-refractivity contribution in [3.05, 3.63) is 10.1 Å². The molecule has 56 valence electrons. The number of nitro groups is 1. The highest BCUT2D eigenvalue weighted by Gasteiger charge is 2.31. The van der Waals surface area contributed by atoms with E-state index in [1.54, 1.807) is 0 Å². The van der Waals surface area contributed by atoms with E-state index in [0.29, 0.717) is 19.3 Å². The fourth-order valence-electron chi connectivity index (χ4n) is 1.01. The van der Waals surface area contributed by atoms with Crippen LogP contribution < -0.4 is 5.32 Å². The summed E-state index contributed by atoms with van der Waals surface area (Å²) >= 11 is 0. The van der Waals surface area contributed by atoms with Crippen molar-refractivity contribution in [2.45, 2.75) is 18.5 Å². The van der Waals surface area contributed by atoms with Crippen molar-refractivity contribution in [2.75, 3.05) is 6.54 Å². The fraction of sp³-hybridized carbons (Fsp3) is 0.800. The van der Waals surface area contributed by atoms with Gasteiger partial charge in [-0.05, 0) is 0 Å². The summed E-state index contributed by atoms with van der Waals surface area (Å²) in [5.74, 6) is 0. The summed E-state index contributed by atoms with van der Waals surface area (Å²) in [6, 6.07) is -0.884. The lowest BCUT2D eigenvalue weighted by Gasteiger charge is -1.95. The monoisotopic (exact) mass is 144 g/mol. The number of carbonyl (C=O) groups is 1. The van der Waals surface area contributed by atoms with Crippen molar-refractivity contribution in [1.82, 2.24) is 5.32 Å². The van der Waals surface area contributed by atoms with Crippen LogP contribution in [0.25, 0.3) is 0 Å². The van der Waals surface area contributed by atoms with Crippen LogP contribution >= 0.6 is 0 Å². The SMILES string of the molecule is O=C[C@H]1C[C@@H]([N+](=O)[O-])CN1. The van der Waals surface area contributed by atoms with Gasteiger partial charge in [0.25, 0.3) is 0 Å². The zero-order valence-corrected chi connectivity index (χ0v) is 5.32. The fourth-order valence-corrected chi connectivity index (χ4v) is 1.01. The Morgan fingerprint density at radius 1 is 1.70 bits per heavy atom. The van der Waals surface area contributed by atoms with Crippen LogP contribution in [0.1, 0.15) is 6.42 Å². The van der Waals surface area contributed by atoms with Gasteiger partial charge in [0.15, 0.2) is 0 Å². The summed E-state index contributed by atoms with van der Waals surface area (Å²) in [7, 11) is 0. The van der Waals surface area contributed by atoms with Crippen molar-refractivity contribution < 1.29 is 9.72 Å². The minimum atomic E-state index is -0.574. The van der Waals surface area contributed by atoms with Gasteiger partial charge < -0.3 is 10.1 Å². The molecule has 0 radical (unpaired) electrons. The highest BCUT2D eigenvalue weighted by molar-refractivity contribution is 5.58. The zero-order valence-electron chi connectivity index (χ0n) is 5.32. The van der Waals surface area contributed by atoms with Crippen molar-refractivity contribution >= 4 is 6.29 Å². The molecule has 1 fully saturated rings. The standard InChI is InChI=1S/C5H8N2O3/c8-3-4-1-5(2-6-4)7(9)10/h3-6H,1-2H2/t4-,5-/m1/s1. The molecule has 10 heavy (non-hydrogen) atoms. The first kappa shape index (κ1) is 7.14. The molecule has 0 amide bonds. The minimum absolute atomic E-state index is 0.310. The van der Waals surface area contributed by atoms with E-state index in [1.807, 2.05) is 0 Å². The first-order valence-electron chi connectivity index (χ1n) is 3.06. The Bertz CT molecular complexity index is 159. The molecule has 0 bridgehead atoms. The smallest absolute Gasteiger partial charge is 0.227 e. The summed E-state index contributed by atoms with van der Waals surface area (Å²) < 4.78 is 0. The lowest BCUT2D eigenvalue weighted by atomic mass is 10.2. The van der Waals surface area contributed by atoms with Gasteiger partial charge in [0, 0.05) is 11.3 Å². The van der Waals surface area contributed by atoms with E-state index in [1.165, 1.54) is 0 Å². The molecule has 0 unspecified atom stereocenters. The molecule has 5 nitrogen and oxygen atoms in total. The van der Waals surface area contributed by atoms with Gasteiger partial charge in [-0.3, -0.25) is 10.1 Å². The van der Waals surface area contributed by atoms with Crippen LogP contribution in [0.2, 0.25) is 0 Å². The van der Waals surface area contributed by atoms with E-state index < -0.39 is 6.04 Å². The van der Waals surface area contributed by atoms with Crippen molar-refractivity contribution in [3.63, 3.8) is 0 Å². The van der Waals surface area contributed by atoms with E-state index in [-0.39, 0.29) is 11.0 Å².